The molecule has 1 aromatic rings. The van der Waals surface area contributed by atoms with Crippen LogP contribution in [0.2, 0.25) is 0 Å². The number of nitrogens with one attached hydrogen (secondary N) is 2. The van der Waals surface area contributed by atoms with Gasteiger partial charge in [-0.1, -0.05) is 0 Å². The summed E-state index contributed by atoms with van der Waals surface area (Å²) in [6.45, 7) is 5.83. The molecule has 0 spiro atoms. The molecule has 0 bridgehead atoms. The fourth-order valence-electron chi connectivity index (χ4n) is 3.30. The van der Waals surface area contributed by atoms with Crippen molar-refractivity contribution in [3.8, 4) is 0 Å². The highest BCUT2D eigenvalue weighted by Gasteiger charge is 2.37. The number of aliphatic hydroxyl groups is 1. The average molecular weight is 367 g/mol. The van der Waals surface area contributed by atoms with Crippen LogP contribution in [-0.4, -0.2) is 47.9 Å². The molecule has 2 heterocycles. The summed E-state index contributed by atoms with van der Waals surface area (Å²) in [4.78, 5) is 13.9. The zero-order valence-corrected chi connectivity index (χ0v) is 15.2. The third-order valence-corrected chi connectivity index (χ3v) is 4.41. The molecule has 6 nitrogen and oxygen atoms in total. The van der Waals surface area contributed by atoms with Crippen LogP contribution >= 0.6 is 0 Å². The van der Waals surface area contributed by atoms with Crippen molar-refractivity contribution in [2.75, 3.05) is 20.1 Å². The molecule has 8 heteroatoms. The van der Waals surface area contributed by atoms with Crippen LogP contribution in [-0.2, 0) is 4.74 Å². The fraction of sp³-hybridized carbons (Fsp3) is 0.500. The number of aliphatic hydroxyl groups excluding tert-OH is 1. The Morgan fingerprint density at radius 2 is 2.00 bits per heavy atom. The SMILES string of the molecule is CNC1CN(C(=O)OC(C)(C)C)CC2=C1c1cc(F)c(F)cc1C(O)N2. The van der Waals surface area contributed by atoms with Crippen LogP contribution in [0.15, 0.2) is 17.8 Å². The summed E-state index contributed by atoms with van der Waals surface area (Å²) in [5.74, 6) is -1.99. The molecule has 2 aliphatic heterocycles. The Kier molecular flexibility index (Phi) is 4.66. The van der Waals surface area contributed by atoms with Crippen LogP contribution in [0.5, 0.6) is 0 Å². The van der Waals surface area contributed by atoms with E-state index < -0.39 is 29.6 Å². The van der Waals surface area contributed by atoms with Crippen molar-refractivity contribution in [3.63, 3.8) is 0 Å². The summed E-state index contributed by atoms with van der Waals surface area (Å²) in [5.41, 5.74) is 1.37. The summed E-state index contributed by atoms with van der Waals surface area (Å²) >= 11 is 0. The Morgan fingerprint density at radius 3 is 2.62 bits per heavy atom. The second-order valence-electron chi connectivity index (χ2n) is 7.49. The molecular formula is C18H23F2N3O3. The molecule has 26 heavy (non-hydrogen) atoms. The number of carbonyl (C=O) groups is 1. The summed E-state index contributed by atoms with van der Waals surface area (Å²) in [6.07, 6.45) is -1.66. The van der Waals surface area contributed by atoms with E-state index in [0.717, 1.165) is 12.1 Å². The number of likely N-dealkylation sites (N-methyl/N-ethyl adjacent to an activating group) is 1. The monoisotopic (exact) mass is 367 g/mol. The smallest absolute Gasteiger partial charge is 0.410 e. The second-order valence-corrected chi connectivity index (χ2v) is 7.49. The number of fused-ring (bicyclic) bond motifs is 2. The van der Waals surface area contributed by atoms with Gasteiger partial charge >= 0.3 is 6.09 Å². The van der Waals surface area contributed by atoms with Crippen LogP contribution in [0.25, 0.3) is 5.57 Å². The van der Waals surface area contributed by atoms with Gasteiger partial charge in [0, 0.05) is 17.8 Å². The van der Waals surface area contributed by atoms with Crippen LogP contribution < -0.4 is 10.6 Å². The maximum absolute atomic E-state index is 13.8. The molecule has 3 N–H and O–H groups in total. The van der Waals surface area contributed by atoms with Crippen molar-refractivity contribution in [2.45, 2.75) is 38.6 Å². The van der Waals surface area contributed by atoms with Gasteiger partial charge in [-0.25, -0.2) is 13.6 Å². The molecule has 2 aliphatic rings. The third-order valence-electron chi connectivity index (χ3n) is 4.41. The lowest BCUT2D eigenvalue weighted by molar-refractivity contribution is 0.0239. The Labute approximate surface area is 150 Å². The van der Waals surface area contributed by atoms with Gasteiger partial charge in [0.2, 0.25) is 0 Å². The topological polar surface area (TPSA) is 73.8 Å². The largest absolute Gasteiger partial charge is 0.444 e. The molecule has 0 radical (unpaired) electrons. The molecule has 0 aromatic heterocycles. The van der Waals surface area contributed by atoms with Gasteiger partial charge in [0.25, 0.3) is 0 Å². The van der Waals surface area contributed by atoms with Crippen molar-refractivity contribution in [1.29, 1.82) is 0 Å². The lowest BCUT2D eigenvalue weighted by atomic mass is 9.86. The minimum Gasteiger partial charge on any atom is -0.444 e. The molecular weight excluding hydrogens is 344 g/mol. The van der Waals surface area contributed by atoms with E-state index in [9.17, 15) is 18.7 Å². The lowest BCUT2D eigenvalue weighted by Crippen LogP contribution is -2.52. The number of nitrogens with zero attached hydrogens (tertiary/aromatic N) is 1. The molecule has 1 amide bonds. The molecule has 0 aliphatic carbocycles. The van der Waals surface area contributed by atoms with Crippen molar-refractivity contribution < 1.29 is 23.4 Å². The summed E-state index contributed by atoms with van der Waals surface area (Å²) < 4.78 is 32.8. The minimum atomic E-state index is -1.19. The van der Waals surface area contributed by atoms with Gasteiger partial charge in [-0.15, -0.1) is 0 Å². The number of carbonyl (C=O) groups excluding carboxylic acids is 1. The second kappa shape index (κ2) is 6.51. The quantitative estimate of drug-likeness (QED) is 0.709. The lowest BCUT2D eigenvalue weighted by Gasteiger charge is -2.41. The maximum Gasteiger partial charge on any atom is 0.410 e. The van der Waals surface area contributed by atoms with Crippen LogP contribution in [0.3, 0.4) is 0 Å². The molecule has 0 saturated heterocycles. The van der Waals surface area contributed by atoms with Gasteiger partial charge < -0.3 is 25.4 Å². The van der Waals surface area contributed by atoms with Crippen LogP contribution in [0.4, 0.5) is 13.6 Å². The zero-order valence-electron chi connectivity index (χ0n) is 15.2. The number of hydrogen-bond acceptors (Lipinski definition) is 5. The van der Waals surface area contributed by atoms with Crippen molar-refractivity contribution in [3.05, 3.63) is 40.6 Å². The summed E-state index contributed by atoms with van der Waals surface area (Å²) in [5, 5.41) is 16.3. The highest BCUT2D eigenvalue weighted by Crippen LogP contribution is 2.37. The van der Waals surface area contributed by atoms with E-state index in [-0.39, 0.29) is 18.2 Å². The molecule has 3 rings (SSSR count). The molecule has 0 fully saturated rings. The van der Waals surface area contributed by atoms with E-state index in [1.807, 2.05) is 0 Å². The number of hydrogen-bond donors (Lipinski definition) is 3. The van der Waals surface area contributed by atoms with E-state index >= 15 is 0 Å². The summed E-state index contributed by atoms with van der Waals surface area (Å²) in [7, 11) is 1.72. The first-order chi connectivity index (χ1) is 12.1. The average Bonchev–Trinajstić information content (AvgIpc) is 2.54. The normalized spacial score (nSPS) is 22.5. The predicted octanol–water partition coefficient (Wildman–Crippen LogP) is 2.11. The Balaban J connectivity index is 2.00. The highest BCUT2D eigenvalue weighted by molar-refractivity contribution is 5.80. The van der Waals surface area contributed by atoms with E-state index in [1.165, 1.54) is 4.90 Å². The van der Waals surface area contributed by atoms with Gasteiger partial charge in [0.15, 0.2) is 17.9 Å². The number of ether oxygens (including phenoxy) is 1. The Bertz CT molecular complexity index is 774. The highest BCUT2D eigenvalue weighted by atomic mass is 19.2. The van der Waals surface area contributed by atoms with Crippen LogP contribution in [0, 0.1) is 11.6 Å². The fourth-order valence-corrected chi connectivity index (χ4v) is 3.30. The maximum atomic E-state index is 13.8. The first-order valence-electron chi connectivity index (χ1n) is 8.43. The molecule has 2 atom stereocenters. The van der Waals surface area contributed by atoms with E-state index in [2.05, 4.69) is 10.6 Å². The molecule has 142 valence electrons. The number of halogens is 2. The van der Waals surface area contributed by atoms with Crippen molar-refractivity contribution >= 4 is 11.7 Å². The van der Waals surface area contributed by atoms with Gasteiger partial charge in [0.1, 0.15) is 5.60 Å². The molecule has 1 aromatic carbocycles. The van der Waals surface area contributed by atoms with E-state index in [4.69, 9.17) is 4.74 Å². The first kappa shape index (κ1) is 18.6. The Morgan fingerprint density at radius 1 is 1.35 bits per heavy atom. The van der Waals surface area contributed by atoms with E-state index in [1.54, 1.807) is 27.8 Å². The van der Waals surface area contributed by atoms with Crippen LogP contribution in [0.1, 0.15) is 38.1 Å². The van der Waals surface area contributed by atoms with Crippen molar-refractivity contribution in [1.82, 2.24) is 15.5 Å². The third kappa shape index (κ3) is 3.39. The minimum absolute atomic E-state index is 0.178. The number of rotatable bonds is 1. The van der Waals surface area contributed by atoms with Gasteiger partial charge in [-0.05, 0) is 51.1 Å². The summed E-state index contributed by atoms with van der Waals surface area (Å²) in [6, 6.07) is 1.77. The standard InChI is InChI=1S/C18H23F2N3O3/c1-18(2,3)26-17(25)23-7-13(21-4)15-9-5-11(19)12(20)6-10(9)16(24)22-14(15)8-23/h5-6,13,16,21-22,24H,7-8H2,1-4H3. The zero-order chi connectivity index (χ0) is 19.2. The van der Waals surface area contributed by atoms with Gasteiger partial charge in [-0.3, -0.25) is 0 Å². The Hall–Kier alpha value is -2.19. The van der Waals surface area contributed by atoms with E-state index in [0.29, 0.717) is 23.4 Å². The number of benzene rings is 1. The molecule has 0 saturated carbocycles. The molecule has 2 unspecified atom stereocenters. The number of amides is 1. The van der Waals surface area contributed by atoms with Gasteiger partial charge in [0.05, 0.1) is 12.6 Å². The van der Waals surface area contributed by atoms with Gasteiger partial charge in [-0.2, -0.15) is 0 Å². The van der Waals surface area contributed by atoms with Crippen molar-refractivity contribution in [2.24, 2.45) is 0 Å². The predicted molar refractivity (Wildman–Crippen MR) is 92.0 cm³/mol. The first-order valence-corrected chi connectivity index (χ1v) is 8.43.